The molecule has 0 saturated carbocycles. The maximum Gasteiger partial charge on any atom is 0.338 e. The van der Waals surface area contributed by atoms with Crippen LogP contribution in [0.1, 0.15) is 12.8 Å². The van der Waals surface area contributed by atoms with E-state index in [1.165, 1.54) is 0 Å². The Hall–Kier alpha value is -2.15. The van der Waals surface area contributed by atoms with Crippen LogP contribution in [0.2, 0.25) is 0 Å². The first-order valence-corrected chi connectivity index (χ1v) is 6.24. The van der Waals surface area contributed by atoms with Gasteiger partial charge in [-0.1, -0.05) is 13.2 Å². The van der Waals surface area contributed by atoms with Crippen LogP contribution in [0.5, 0.6) is 0 Å². The number of carboxylic acid groups (broad SMARTS) is 2. The molecule has 118 valence electrons. The fourth-order valence-electron chi connectivity index (χ4n) is 1.61. The highest BCUT2D eigenvalue weighted by Gasteiger charge is 2.26. The number of ether oxygens (including phenoxy) is 1. The summed E-state index contributed by atoms with van der Waals surface area (Å²) in [5.41, 5.74) is -0.124. The summed E-state index contributed by atoms with van der Waals surface area (Å²) in [5.74, 6) is -3.07. The van der Waals surface area contributed by atoms with E-state index >= 15 is 0 Å². The molecule has 21 heavy (non-hydrogen) atoms. The molecule has 0 aliphatic rings. The van der Waals surface area contributed by atoms with Crippen LogP contribution in [0.15, 0.2) is 24.3 Å². The molecule has 0 rings (SSSR count). The molecule has 0 fully saturated rings. The number of aliphatic carboxylic acids is 2. The van der Waals surface area contributed by atoms with Crippen LogP contribution in [0, 0.1) is 0 Å². The van der Waals surface area contributed by atoms with Gasteiger partial charge in [0.2, 0.25) is 0 Å². The van der Waals surface area contributed by atoms with Gasteiger partial charge in [0.15, 0.2) is 6.10 Å². The Kier molecular flexibility index (Phi) is 6.81. The minimum atomic E-state index is -1.14. The molecule has 0 aliphatic carbocycles. The van der Waals surface area contributed by atoms with Crippen molar-refractivity contribution in [2.75, 3.05) is 27.7 Å². The fraction of sp³-hybridized carbons (Fsp3) is 0.500. The number of carbonyl (C=O) groups is 3. The summed E-state index contributed by atoms with van der Waals surface area (Å²) in [6.07, 6.45) is -1.59. The zero-order valence-corrected chi connectivity index (χ0v) is 12.6. The molecule has 0 aromatic carbocycles. The average Bonchev–Trinajstić information content (AvgIpc) is 2.23. The Morgan fingerprint density at radius 3 is 2.00 bits per heavy atom. The smallest absolute Gasteiger partial charge is 0.338 e. The zero-order chi connectivity index (χ0) is 16.8. The second-order valence-corrected chi connectivity index (χ2v) is 5.75. The Balaban J connectivity index is 4.79. The number of hydrogen-bond acceptors (Lipinski definition) is 4. The first-order valence-electron chi connectivity index (χ1n) is 6.24. The van der Waals surface area contributed by atoms with Gasteiger partial charge in [-0.2, -0.15) is 0 Å². The lowest BCUT2D eigenvalue weighted by atomic mass is 10.1. The summed E-state index contributed by atoms with van der Waals surface area (Å²) in [5, 5.41) is 17.5. The summed E-state index contributed by atoms with van der Waals surface area (Å²) in [7, 11) is 5.50. The van der Waals surface area contributed by atoms with Gasteiger partial charge in [-0.15, -0.1) is 0 Å². The maximum absolute atomic E-state index is 11.9. The standard InChI is InChI=1S/C14H21NO6/c1-9(6-12(16)17)10(2)14(20)21-11(7-13(18)19)8-15(3,4)5/h11H,1-2,6-8H2,3-5H3,(H-,16,17,18,19)/p+1. The monoisotopic (exact) mass is 300 g/mol. The number of nitrogens with zero attached hydrogens (tertiary/aromatic N) is 1. The van der Waals surface area contributed by atoms with E-state index in [0.29, 0.717) is 11.0 Å². The predicted molar refractivity (Wildman–Crippen MR) is 75.6 cm³/mol. The summed E-state index contributed by atoms with van der Waals surface area (Å²) >= 11 is 0. The molecular formula is C14H22NO6+. The van der Waals surface area contributed by atoms with Gasteiger partial charge in [0.25, 0.3) is 0 Å². The van der Waals surface area contributed by atoms with Crippen molar-refractivity contribution in [3.8, 4) is 0 Å². The molecule has 1 atom stereocenters. The lowest BCUT2D eigenvalue weighted by Gasteiger charge is -2.28. The van der Waals surface area contributed by atoms with Crippen LogP contribution < -0.4 is 0 Å². The number of quaternary nitrogens is 1. The van der Waals surface area contributed by atoms with Gasteiger partial charge in [0, 0.05) is 0 Å². The van der Waals surface area contributed by atoms with Gasteiger partial charge in [-0.3, -0.25) is 9.59 Å². The third-order valence-corrected chi connectivity index (χ3v) is 2.47. The fourth-order valence-corrected chi connectivity index (χ4v) is 1.61. The SMILES string of the molecule is C=C(CC(=O)O)C(=C)C(=O)OC(CC(=O)O)C[N+](C)(C)C. The first kappa shape index (κ1) is 18.9. The molecule has 0 heterocycles. The topological polar surface area (TPSA) is 101 Å². The Bertz CT molecular complexity index is 461. The van der Waals surface area contributed by atoms with Crippen molar-refractivity contribution in [1.82, 2.24) is 0 Å². The van der Waals surface area contributed by atoms with Gasteiger partial charge < -0.3 is 19.4 Å². The highest BCUT2D eigenvalue weighted by molar-refractivity contribution is 5.94. The van der Waals surface area contributed by atoms with Crippen LogP contribution in [-0.2, 0) is 19.1 Å². The van der Waals surface area contributed by atoms with Gasteiger partial charge in [0.05, 0.1) is 39.6 Å². The van der Waals surface area contributed by atoms with Crippen molar-refractivity contribution in [2.45, 2.75) is 18.9 Å². The highest BCUT2D eigenvalue weighted by atomic mass is 16.5. The van der Waals surface area contributed by atoms with Gasteiger partial charge >= 0.3 is 17.9 Å². The Morgan fingerprint density at radius 2 is 1.62 bits per heavy atom. The normalized spacial score (nSPS) is 12.3. The van der Waals surface area contributed by atoms with Crippen molar-refractivity contribution in [3.63, 3.8) is 0 Å². The number of carboxylic acids is 2. The average molecular weight is 300 g/mol. The minimum absolute atomic E-state index is 0.0341. The molecule has 0 amide bonds. The quantitative estimate of drug-likeness (QED) is 0.281. The van der Waals surface area contributed by atoms with Crippen LogP contribution in [0.4, 0.5) is 0 Å². The van der Waals surface area contributed by atoms with E-state index in [1.54, 1.807) is 0 Å². The first-order chi connectivity index (χ1) is 9.42. The van der Waals surface area contributed by atoms with E-state index in [2.05, 4.69) is 13.2 Å². The molecule has 0 aliphatic heterocycles. The van der Waals surface area contributed by atoms with E-state index in [9.17, 15) is 14.4 Å². The number of hydrogen-bond donors (Lipinski definition) is 2. The number of rotatable bonds is 9. The highest BCUT2D eigenvalue weighted by Crippen LogP contribution is 2.14. The number of likely N-dealkylation sites (N-methyl/N-ethyl adjacent to an activating group) is 1. The molecule has 0 bridgehead atoms. The van der Waals surface area contributed by atoms with Crippen molar-refractivity contribution in [2.24, 2.45) is 0 Å². The van der Waals surface area contributed by atoms with Crippen molar-refractivity contribution in [3.05, 3.63) is 24.3 Å². The number of esters is 1. The second kappa shape index (κ2) is 7.58. The van der Waals surface area contributed by atoms with Crippen LogP contribution in [-0.4, -0.2) is 66.4 Å². The molecule has 7 nitrogen and oxygen atoms in total. The van der Waals surface area contributed by atoms with Crippen molar-refractivity contribution < 1.29 is 33.8 Å². The molecule has 0 spiro atoms. The predicted octanol–water partition coefficient (Wildman–Crippen LogP) is 0.666. The third-order valence-electron chi connectivity index (χ3n) is 2.47. The second-order valence-electron chi connectivity index (χ2n) is 5.75. The molecule has 0 aromatic heterocycles. The summed E-state index contributed by atoms with van der Waals surface area (Å²) < 4.78 is 5.52. The molecular weight excluding hydrogens is 278 g/mol. The van der Waals surface area contributed by atoms with Crippen LogP contribution in [0.25, 0.3) is 0 Å². The zero-order valence-electron chi connectivity index (χ0n) is 12.6. The number of carbonyl (C=O) groups excluding carboxylic acids is 1. The van der Waals surface area contributed by atoms with Crippen LogP contribution >= 0.6 is 0 Å². The summed E-state index contributed by atoms with van der Waals surface area (Å²) in [6.45, 7) is 7.21. The third kappa shape index (κ3) is 8.59. The maximum atomic E-state index is 11.9. The van der Waals surface area contributed by atoms with Crippen molar-refractivity contribution >= 4 is 17.9 Å². The molecule has 2 N–H and O–H groups in total. The molecule has 0 radical (unpaired) electrons. The van der Waals surface area contributed by atoms with E-state index in [-0.39, 0.29) is 17.6 Å². The molecule has 0 aromatic rings. The van der Waals surface area contributed by atoms with E-state index in [0.717, 1.165) is 0 Å². The van der Waals surface area contributed by atoms with E-state index in [1.807, 2.05) is 21.1 Å². The van der Waals surface area contributed by atoms with E-state index in [4.69, 9.17) is 14.9 Å². The molecule has 0 saturated heterocycles. The minimum Gasteiger partial charge on any atom is -0.481 e. The van der Waals surface area contributed by atoms with Gasteiger partial charge in [-0.25, -0.2) is 4.79 Å². The largest absolute Gasteiger partial charge is 0.481 e. The van der Waals surface area contributed by atoms with Gasteiger partial charge in [0.1, 0.15) is 6.54 Å². The van der Waals surface area contributed by atoms with Crippen molar-refractivity contribution in [1.29, 1.82) is 0 Å². The lowest BCUT2D eigenvalue weighted by Crippen LogP contribution is -2.44. The molecule has 1 unspecified atom stereocenters. The molecule has 7 heteroatoms. The Labute approximate surface area is 123 Å². The summed E-state index contributed by atoms with van der Waals surface area (Å²) in [6, 6.07) is 0. The summed E-state index contributed by atoms with van der Waals surface area (Å²) in [4.78, 5) is 33.2. The Morgan fingerprint density at radius 1 is 1.10 bits per heavy atom. The lowest BCUT2D eigenvalue weighted by molar-refractivity contribution is -0.873. The van der Waals surface area contributed by atoms with E-state index < -0.39 is 30.4 Å². The van der Waals surface area contributed by atoms with Crippen LogP contribution in [0.3, 0.4) is 0 Å². The van der Waals surface area contributed by atoms with Gasteiger partial charge in [-0.05, 0) is 5.57 Å².